The molecule has 0 saturated carbocycles. The summed E-state index contributed by atoms with van der Waals surface area (Å²) in [4.78, 5) is 0. The van der Waals surface area contributed by atoms with E-state index in [1.807, 2.05) is 30.3 Å². The van der Waals surface area contributed by atoms with Crippen LogP contribution in [0.4, 0.5) is 0 Å². The molecule has 45 heavy (non-hydrogen) atoms. The predicted molar refractivity (Wildman–Crippen MR) is 199 cm³/mol. The summed E-state index contributed by atoms with van der Waals surface area (Å²) in [6.45, 7) is 13.3. The molecule has 0 unspecified atom stereocenters. The Morgan fingerprint density at radius 3 is 1.33 bits per heavy atom. The molecule has 0 amide bonds. The minimum Gasteiger partial charge on any atom is -0.358 e. The summed E-state index contributed by atoms with van der Waals surface area (Å²) in [5.41, 5.74) is 13.4. The Kier molecular flexibility index (Phi) is 11.7. The van der Waals surface area contributed by atoms with E-state index in [-0.39, 0.29) is 36.6 Å². The van der Waals surface area contributed by atoms with Gasteiger partial charge in [0.25, 0.3) is 0 Å². The van der Waals surface area contributed by atoms with Crippen molar-refractivity contribution in [2.24, 2.45) is 0 Å². The van der Waals surface area contributed by atoms with Gasteiger partial charge in [0.2, 0.25) is 0 Å². The van der Waals surface area contributed by atoms with Crippen molar-refractivity contribution in [1.82, 2.24) is 0 Å². The first-order chi connectivity index (χ1) is 20.1. The second-order valence-corrected chi connectivity index (χ2v) is 12.5. The quantitative estimate of drug-likeness (QED) is 0.128. The Labute approximate surface area is 294 Å². The third-order valence-corrected chi connectivity index (χ3v) is 9.00. The van der Waals surface area contributed by atoms with Crippen molar-refractivity contribution in [2.45, 2.75) is 41.5 Å². The molecule has 0 heterocycles. The van der Waals surface area contributed by atoms with Gasteiger partial charge in [-0.05, 0) is 96.1 Å². The number of hydrogen-bond donors (Lipinski definition) is 0. The molecular weight excluding hydrogens is 623 g/mol. The minimum absolute atomic E-state index is 0. The molecule has 0 aliphatic heterocycles. The molecule has 0 bridgehead atoms. The monoisotopic (exact) mass is 662 g/mol. The van der Waals surface area contributed by atoms with Crippen molar-refractivity contribution in [3.8, 4) is 22.3 Å². The summed E-state index contributed by atoms with van der Waals surface area (Å²) in [5.74, 6) is 0. The maximum atomic E-state index is 5.91. The Morgan fingerprint density at radius 1 is 0.489 bits per heavy atom. The summed E-state index contributed by atoms with van der Waals surface area (Å²) in [7, 11) is 0. The summed E-state index contributed by atoms with van der Waals surface area (Å²) in [6, 6.07) is 34.9. The first kappa shape index (κ1) is 36.3. The molecule has 0 atom stereocenters. The van der Waals surface area contributed by atoms with Crippen LogP contribution in [0.2, 0.25) is 10.0 Å². The van der Waals surface area contributed by atoms with Gasteiger partial charge < -0.3 is 14.9 Å². The number of aryl methyl sites for hydroxylation is 6. The SMILES string of the molecule is Cc1cc(C)c(-c2ccc3[cH-]c4ccc(-c5c(C)cc(C)cc5C)cc4c3c2)c(C)c1.Clc1ccc(Cl)c2[cH-]ccc12.[CH3-].[CH3-].[Ti+4]. The van der Waals surface area contributed by atoms with Crippen LogP contribution in [-0.4, -0.2) is 0 Å². The third kappa shape index (κ3) is 7.01. The van der Waals surface area contributed by atoms with Gasteiger partial charge in [-0.1, -0.05) is 83.4 Å². The standard InChI is InChI=1S/C31H29.C9H5Cl2.2CH3.Ti/c1-18-11-20(3)30(21(4)12-18)26-9-7-24-15-25-8-10-27(17-29(25)28(24)16-26)31-22(5)13-19(2)14-23(31)6;10-8-4-5-9(11)7-3-1-2-6(7)8;;;/h7-17H,1-6H3;1-5H;2*1H3;/q4*-1;+4. The van der Waals surface area contributed by atoms with Gasteiger partial charge in [0.1, 0.15) is 0 Å². The van der Waals surface area contributed by atoms with Gasteiger partial charge in [-0.2, -0.15) is 12.1 Å². The van der Waals surface area contributed by atoms with Crippen LogP contribution in [0.5, 0.6) is 0 Å². The van der Waals surface area contributed by atoms with Crippen molar-refractivity contribution in [2.75, 3.05) is 0 Å². The van der Waals surface area contributed by atoms with E-state index in [9.17, 15) is 0 Å². The Hall–Kier alpha value is -3.13. The van der Waals surface area contributed by atoms with Gasteiger partial charge in [-0.25, -0.2) is 0 Å². The topological polar surface area (TPSA) is 0 Å². The summed E-state index contributed by atoms with van der Waals surface area (Å²) in [6.07, 6.45) is 0. The fourth-order valence-corrected chi connectivity index (χ4v) is 7.20. The molecule has 226 valence electrons. The normalized spacial score (nSPS) is 10.6. The van der Waals surface area contributed by atoms with E-state index in [2.05, 4.69) is 108 Å². The molecule has 0 nitrogen and oxygen atoms in total. The predicted octanol–water partition coefficient (Wildman–Crippen LogP) is 13.7. The molecule has 0 aliphatic carbocycles. The van der Waals surface area contributed by atoms with Crippen LogP contribution in [-0.2, 0) is 21.7 Å². The van der Waals surface area contributed by atoms with E-state index >= 15 is 0 Å². The average Bonchev–Trinajstić information content (AvgIpc) is 3.56. The molecule has 7 rings (SSSR count). The fourth-order valence-electron chi connectivity index (χ4n) is 6.74. The number of fused-ring (bicyclic) bond motifs is 4. The molecule has 0 fully saturated rings. The van der Waals surface area contributed by atoms with Gasteiger partial charge in [-0.3, -0.25) is 0 Å². The molecule has 0 aromatic heterocycles. The Morgan fingerprint density at radius 2 is 0.911 bits per heavy atom. The van der Waals surface area contributed by atoms with Gasteiger partial charge in [0.05, 0.1) is 0 Å². The van der Waals surface area contributed by atoms with Crippen LogP contribution in [0.25, 0.3) is 54.6 Å². The molecule has 0 N–H and O–H groups in total. The number of rotatable bonds is 2. The van der Waals surface area contributed by atoms with Gasteiger partial charge in [0, 0.05) is 0 Å². The zero-order valence-electron chi connectivity index (χ0n) is 27.5. The molecule has 0 saturated heterocycles. The summed E-state index contributed by atoms with van der Waals surface area (Å²) in [5, 5.41) is 8.89. The maximum Gasteiger partial charge on any atom is 4.00 e. The average molecular weight is 664 g/mol. The van der Waals surface area contributed by atoms with Crippen LogP contribution in [0.15, 0.2) is 97.1 Å². The van der Waals surface area contributed by atoms with Crippen molar-refractivity contribution < 1.29 is 21.7 Å². The van der Waals surface area contributed by atoms with Crippen molar-refractivity contribution in [3.63, 3.8) is 0 Å². The second kappa shape index (κ2) is 14.5. The molecule has 0 radical (unpaired) electrons. The first-order valence-electron chi connectivity index (χ1n) is 14.4. The number of halogens is 2. The maximum absolute atomic E-state index is 5.91. The first-order valence-corrected chi connectivity index (χ1v) is 15.2. The van der Waals surface area contributed by atoms with Gasteiger partial charge in [-0.15, -0.1) is 68.2 Å². The van der Waals surface area contributed by atoms with E-state index in [4.69, 9.17) is 23.2 Å². The largest absolute Gasteiger partial charge is 4.00 e. The minimum atomic E-state index is 0. The number of hydrogen-bond acceptors (Lipinski definition) is 0. The van der Waals surface area contributed by atoms with Crippen LogP contribution in [0, 0.1) is 56.4 Å². The molecule has 0 spiro atoms. The van der Waals surface area contributed by atoms with E-state index in [0.717, 1.165) is 20.8 Å². The van der Waals surface area contributed by atoms with Gasteiger partial charge in [0.15, 0.2) is 0 Å². The van der Waals surface area contributed by atoms with Crippen molar-refractivity contribution >= 4 is 55.5 Å². The summed E-state index contributed by atoms with van der Waals surface area (Å²) < 4.78 is 0. The Balaban J connectivity index is 0.000000335. The van der Waals surface area contributed by atoms with E-state index in [1.165, 1.54) is 77.2 Å². The van der Waals surface area contributed by atoms with E-state index in [0.29, 0.717) is 0 Å². The van der Waals surface area contributed by atoms with Crippen LogP contribution >= 0.6 is 23.2 Å². The van der Waals surface area contributed by atoms with E-state index < -0.39 is 0 Å². The zero-order chi connectivity index (χ0) is 29.7. The Bertz CT molecular complexity index is 1930. The molecule has 0 aliphatic rings. The fraction of sp³-hybridized carbons (Fsp3) is 0.143. The van der Waals surface area contributed by atoms with Crippen LogP contribution in [0.3, 0.4) is 0 Å². The van der Waals surface area contributed by atoms with Gasteiger partial charge >= 0.3 is 21.7 Å². The van der Waals surface area contributed by atoms with Crippen LogP contribution < -0.4 is 0 Å². The smallest absolute Gasteiger partial charge is 0.358 e. The third-order valence-electron chi connectivity index (χ3n) is 8.35. The summed E-state index contributed by atoms with van der Waals surface area (Å²) >= 11 is 11.8. The molecule has 3 heteroatoms. The van der Waals surface area contributed by atoms with Crippen LogP contribution in [0.1, 0.15) is 33.4 Å². The second-order valence-electron chi connectivity index (χ2n) is 11.7. The zero-order valence-corrected chi connectivity index (χ0v) is 30.6. The molecule has 7 aromatic carbocycles. The molecule has 7 aromatic rings. The van der Waals surface area contributed by atoms with Crippen molar-refractivity contribution in [1.29, 1.82) is 0 Å². The van der Waals surface area contributed by atoms with Crippen molar-refractivity contribution in [3.05, 3.63) is 155 Å². The number of benzene rings is 5. The molecular formula is C42H40Cl2Ti. The van der Waals surface area contributed by atoms with E-state index in [1.54, 1.807) is 0 Å².